The molecule has 1 aromatic carbocycles. The van der Waals surface area contributed by atoms with Crippen LogP contribution in [0.2, 0.25) is 0 Å². The fourth-order valence-electron chi connectivity index (χ4n) is 3.22. The summed E-state index contributed by atoms with van der Waals surface area (Å²) in [6, 6.07) is 5.85. The summed E-state index contributed by atoms with van der Waals surface area (Å²) in [4.78, 5) is 0. The molecule has 2 rings (SSSR count). The second-order valence-corrected chi connectivity index (χ2v) is 7.15. The van der Waals surface area contributed by atoms with E-state index in [1.54, 1.807) is 12.1 Å². The van der Waals surface area contributed by atoms with Gasteiger partial charge in [-0.25, -0.2) is 4.39 Å². The molecule has 1 aliphatic carbocycles. The van der Waals surface area contributed by atoms with Crippen LogP contribution in [0.25, 0.3) is 0 Å². The Bertz CT molecular complexity index is 433. The summed E-state index contributed by atoms with van der Waals surface area (Å²) < 4.78 is 15.2. The molecule has 3 heteroatoms. The first-order valence-electron chi connectivity index (χ1n) is 7.76. The number of hydrogen-bond acceptors (Lipinski definition) is 1. The average molecular weight is 342 g/mol. The van der Waals surface area contributed by atoms with Crippen LogP contribution in [0, 0.1) is 11.7 Å². The topological polar surface area (TPSA) is 12.0 Å². The third kappa shape index (κ3) is 4.29. The van der Waals surface area contributed by atoms with Gasteiger partial charge in [0.05, 0.1) is 0 Å². The van der Waals surface area contributed by atoms with E-state index >= 15 is 0 Å². The minimum Gasteiger partial charge on any atom is -0.314 e. The standard InChI is InChI=1S/C17H25BrFN/c1-12(2)20-11-13-6-4-3-5-7-15(13)16-10-14(18)8-9-17(16)19/h8-10,12-13,15,20H,3-7,11H2,1-2H3. The largest absolute Gasteiger partial charge is 0.314 e. The van der Waals surface area contributed by atoms with Gasteiger partial charge in [-0.3, -0.25) is 0 Å². The summed E-state index contributed by atoms with van der Waals surface area (Å²) in [6.07, 6.45) is 6.09. The van der Waals surface area contributed by atoms with Gasteiger partial charge in [0.25, 0.3) is 0 Å². The maximum Gasteiger partial charge on any atom is 0.126 e. The van der Waals surface area contributed by atoms with Gasteiger partial charge in [0, 0.05) is 10.5 Å². The second-order valence-electron chi connectivity index (χ2n) is 6.23. The Morgan fingerprint density at radius 3 is 2.75 bits per heavy atom. The van der Waals surface area contributed by atoms with Crippen molar-refractivity contribution in [2.45, 2.75) is 57.9 Å². The maximum absolute atomic E-state index is 14.2. The molecule has 2 unspecified atom stereocenters. The molecule has 1 saturated carbocycles. The first-order chi connectivity index (χ1) is 9.58. The average Bonchev–Trinajstić information content (AvgIpc) is 2.64. The van der Waals surface area contributed by atoms with Gasteiger partial charge in [0.1, 0.15) is 5.82 Å². The normalized spacial score (nSPS) is 23.9. The van der Waals surface area contributed by atoms with E-state index in [1.807, 2.05) is 6.07 Å². The summed E-state index contributed by atoms with van der Waals surface area (Å²) in [5, 5.41) is 3.54. The van der Waals surface area contributed by atoms with Crippen LogP contribution in [0.4, 0.5) is 4.39 Å². The summed E-state index contributed by atoms with van der Waals surface area (Å²) in [6.45, 7) is 5.34. The molecule has 0 aromatic heterocycles. The van der Waals surface area contributed by atoms with E-state index in [0.29, 0.717) is 17.9 Å². The number of hydrogen-bond donors (Lipinski definition) is 1. The van der Waals surface area contributed by atoms with Gasteiger partial charge in [-0.2, -0.15) is 0 Å². The van der Waals surface area contributed by atoms with Gasteiger partial charge in [0.2, 0.25) is 0 Å². The summed E-state index contributed by atoms with van der Waals surface area (Å²) in [5.74, 6) is 0.847. The zero-order chi connectivity index (χ0) is 14.5. The van der Waals surface area contributed by atoms with E-state index in [-0.39, 0.29) is 5.82 Å². The van der Waals surface area contributed by atoms with Gasteiger partial charge in [-0.1, -0.05) is 49.0 Å². The van der Waals surface area contributed by atoms with E-state index in [9.17, 15) is 4.39 Å². The smallest absolute Gasteiger partial charge is 0.126 e. The first-order valence-corrected chi connectivity index (χ1v) is 8.55. The quantitative estimate of drug-likeness (QED) is 0.737. The van der Waals surface area contributed by atoms with Crippen LogP contribution in [-0.2, 0) is 0 Å². The van der Waals surface area contributed by atoms with Crippen LogP contribution in [0.1, 0.15) is 57.4 Å². The Labute approximate surface area is 130 Å². The lowest BCUT2D eigenvalue weighted by atomic mass is 9.82. The number of halogens is 2. The molecule has 0 amide bonds. The Morgan fingerprint density at radius 2 is 2.00 bits per heavy atom. The van der Waals surface area contributed by atoms with Crippen LogP contribution in [0.3, 0.4) is 0 Å². The van der Waals surface area contributed by atoms with E-state index in [0.717, 1.165) is 23.0 Å². The third-order valence-electron chi connectivity index (χ3n) is 4.30. The van der Waals surface area contributed by atoms with Crippen LogP contribution >= 0.6 is 15.9 Å². The van der Waals surface area contributed by atoms with Gasteiger partial charge < -0.3 is 5.32 Å². The molecule has 1 aromatic rings. The molecule has 1 N–H and O–H groups in total. The summed E-state index contributed by atoms with van der Waals surface area (Å²) in [5.41, 5.74) is 0.900. The van der Waals surface area contributed by atoms with Crippen molar-refractivity contribution < 1.29 is 4.39 Å². The lowest BCUT2D eigenvalue weighted by Crippen LogP contribution is -2.31. The molecule has 2 atom stereocenters. The van der Waals surface area contributed by atoms with E-state index < -0.39 is 0 Å². The molecule has 1 fully saturated rings. The van der Waals surface area contributed by atoms with Crippen molar-refractivity contribution in [3.63, 3.8) is 0 Å². The fourth-order valence-corrected chi connectivity index (χ4v) is 3.60. The number of nitrogens with one attached hydrogen (secondary N) is 1. The van der Waals surface area contributed by atoms with Crippen molar-refractivity contribution in [3.8, 4) is 0 Å². The summed E-state index contributed by atoms with van der Waals surface area (Å²) in [7, 11) is 0. The van der Waals surface area contributed by atoms with Crippen molar-refractivity contribution in [1.82, 2.24) is 5.32 Å². The highest BCUT2D eigenvalue weighted by Crippen LogP contribution is 2.38. The molecule has 0 bridgehead atoms. The van der Waals surface area contributed by atoms with Gasteiger partial charge in [-0.15, -0.1) is 0 Å². The van der Waals surface area contributed by atoms with E-state index in [2.05, 4.69) is 35.1 Å². The molecule has 20 heavy (non-hydrogen) atoms. The molecule has 0 aliphatic heterocycles. The van der Waals surface area contributed by atoms with Crippen LogP contribution < -0.4 is 5.32 Å². The number of benzene rings is 1. The van der Waals surface area contributed by atoms with Crippen molar-refractivity contribution in [2.24, 2.45) is 5.92 Å². The highest BCUT2D eigenvalue weighted by Gasteiger charge is 2.27. The number of rotatable bonds is 4. The molecule has 0 spiro atoms. The van der Waals surface area contributed by atoms with Crippen molar-refractivity contribution in [3.05, 3.63) is 34.1 Å². The van der Waals surface area contributed by atoms with Crippen molar-refractivity contribution in [1.29, 1.82) is 0 Å². The van der Waals surface area contributed by atoms with Crippen molar-refractivity contribution >= 4 is 15.9 Å². The lowest BCUT2D eigenvalue weighted by molar-refractivity contribution is 0.355. The molecule has 0 saturated heterocycles. The fraction of sp³-hybridized carbons (Fsp3) is 0.647. The molecule has 0 radical (unpaired) electrons. The van der Waals surface area contributed by atoms with Gasteiger partial charge in [0.15, 0.2) is 0 Å². The van der Waals surface area contributed by atoms with Crippen LogP contribution in [-0.4, -0.2) is 12.6 Å². The molecular formula is C17H25BrFN. The Kier molecular flexibility index (Phi) is 6.03. The zero-order valence-electron chi connectivity index (χ0n) is 12.5. The minimum atomic E-state index is -0.0466. The van der Waals surface area contributed by atoms with E-state index in [1.165, 1.54) is 25.7 Å². The third-order valence-corrected chi connectivity index (χ3v) is 4.80. The van der Waals surface area contributed by atoms with Crippen LogP contribution in [0.5, 0.6) is 0 Å². The second kappa shape index (κ2) is 7.56. The van der Waals surface area contributed by atoms with Crippen LogP contribution in [0.15, 0.2) is 22.7 Å². The predicted molar refractivity (Wildman–Crippen MR) is 86.6 cm³/mol. The SMILES string of the molecule is CC(C)NCC1CCCCCC1c1cc(Br)ccc1F. The molecular weight excluding hydrogens is 317 g/mol. The van der Waals surface area contributed by atoms with E-state index in [4.69, 9.17) is 0 Å². The van der Waals surface area contributed by atoms with Gasteiger partial charge in [-0.05, 0) is 55.0 Å². The molecule has 112 valence electrons. The molecule has 1 nitrogen and oxygen atoms in total. The molecule has 0 heterocycles. The minimum absolute atomic E-state index is 0.0466. The van der Waals surface area contributed by atoms with Crippen molar-refractivity contribution in [2.75, 3.05) is 6.54 Å². The Balaban J connectivity index is 2.20. The molecule has 1 aliphatic rings. The lowest BCUT2D eigenvalue weighted by Gasteiger charge is -2.27. The highest BCUT2D eigenvalue weighted by molar-refractivity contribution is 9.10. The monoisotopic (exact) mass is 341 g/mol. The predicted octanol–water partition coefficient (Wildman–Crippen LogP) is 5.25. The Hall–Kier alpha value is -0.410. The summed E-state index contributed by atoms with van der Waals surface area (Å²) >= 11 is 3.48. The zero-order valence-corrected chi connectivity index (χ0v) is 14.0. The van der Waals surface area contributed by atoms with Gasteiger partial charge >= 0.3 is 0 Å². The Morgan fingerprint density at radius 1 is 1.25 bits per heavy atom. The first kappa shape index (κ1) is 16.0. The maximum atomic E-state index is 14.2. The highest BCUT2D eigenvalue weighted by atomic mass is 79.9.